The van der Waals surface area contributed by atoms with Gasteiger partial charge in [0.15, 0.2) is 0 Å². The molecule has 5 rings (SSSR count). The Hall–Kier alpha value is -2.97. The van der Waals surface area contributed by atoms with Gasteiger partial charge >= 0.3 is 0 Å². The number of Topliss-reactive ketones (excluding diaryl/α,β-unsaturated/α-hetero) is 1. The standard InChI is InChI=1S/C29H28Cl2F2N2O4/c30-23-8-7-20(12-25(23)32)39-10-9-19(36)11-16-1-3-17(4-2-16)34-29(38)22-15-35(18-5-6-18)27-14-24(31)26(33)13-21(27)28(22)37/h7-8,12-18H,1-6,9-11H2,(H,34,38). The van der Waals surface area contributed by atoms with Crippen molar-refractivity contribution in [3.05, 3.63) is 74.0 Å². The first-order chi connectivity index (χ1) is 18.7. The smallest absolute Gasteiger partial charge is 0.256 e. The van der Waals surface area contributed by atoms with Crippen LogP contribution in [0.15, 0.2) is 41.3 Å². The third kappa shape index (κ3) is 6.44. The first-order valence-electron chi connectivity index (χ1n) is 13.1. The maximum atomic E-state index is 14.2. The van der Waals surface area contributed by atoms with Crippen LogP contribution < -0.4 is 15.5 Å². The molecule has 0 aliphatic heterocycles. The molecule has 3 aromatic rings. The van der Waals surface area contributed by atoms with Crippen molar-refractivity contribution in [2.75, 3.05) is 6.61 Å². The Morgan fingerprint density at radius 3 is 2.38 bits per heavy atom. The van der Waals surface area contributed by atoms with Crippen molar-refractivity contribution in [1.29, 1.82) is 0 Å². The summed E-state index contributed by atoms with van der Waals surface area (Å²) in [6.45, 7) is 0.158. The summed E-state index contributed by atoms with van der Waals surface area (Å²) in [5.74, 6) is -1.14. The highest BCUT2D eigenvalue weighted by Gasteiger charge is 2.29. The summed E-state index contributed by atoms with van der Waals surface area (Å²) in [4.78, 5) is 38.6. The second-order valence-electron chi connectivity index (χ2n) is 10.4. The monoisotopic (exact) mass is 576 g/mol. The Bertz CT molecular complexity index is 1480. The number of ketones is 1. The number of aromatic nitrogens is 1. The van der Waals surface area contributed by atoms with Crippen LogP contribution in [0.25, 0.3) is 10.9 Å². The molecule has 10 heteroatoms. The number of benzene rings is 2. The van der Waals surface area contributed by atoms with Gasteiger partial charge in [-0.3, -0.25) is 14.4 Å². The summed E-state index contributed by atoms with van der Waals surface area (Å²) >= 11 is 11.6. The molecule has 0 spiro atoms. The molecule has 1 aromatic heterocycles. The molecule has 6 nitrogen and oxygen atoms in total. The number of carbonyl (C=O) groups is 2. The summed E-state index contributed by atoms with van der Waals surface area (Å²) in [6.07, 6.45) is 6.98. The minimum absolute atomic E-state index is 0.00556. The maximum absolute atomic E-state index is 14.2. The van der Waals surface area contributed by atoms with Crippen molar-refractivity contribution in [1.82, 2.24) is 9.88 Å². The molecule has 2 saturated carbocycles. The number of nitrogens with one attached hydrogen (secondary N) is 1. The van der Waals surface area contributed by atoms with Gasteiger partial charge in [-0.05, 0) is 68.7 Å². The largest absolute Gasteiger partial charge is 0.493 e. The molecule has 0 bridgehead atoms. The van der Waals surface area contributed by atoms with Gasteiger partial charge < -0.3 is 14.6 Å². The highest BCUT2D eigenvalue weighted by molar-refractivity contribution is 6.31. The van der Waals surface area contributed by atoms with Crippen LogP contribution in [0.3, 0.4) is 0 Å². The average molecular weight is 577 g/mol. The maximum Gasteiger partial charge on any atom is 0.256 e. The van der Waals surface area contributed by atoms with Crippen LogP contribution >= 0.6 is 23.2 Å². The van der Waals surface area contributed by atoms with E-state index in [1.54, 1.807) is 12.3 Å². The van der Waals surface area contributed by atoms with E-state index < -0.39 is 23.0 Å². The van der Waals surface area contributed by atoms with Crippen molar-refractivity contribution < 1.29 is 23.1 Å². The molecule has 206 valence electrons. The topological polar surface area (TPSA) is 77.4 Å². The molecule has 1 heterocycles. The van der Waals surface area contributed by atoms with Gasteiger partial charge in [0.05, 0.1) is 22.2 Å². The molecule has 0 unspecified atom stereocenters. The van der Waals surface area contributed by atoms with Crippen LogP contribution in [0.5, 0.6) is 5.75 Å². The second-order valence-corrected chi connectivity index (χ2v) is 11.2. The number of pyridine rings is 1. The number of hydrogen-bond donors (Lipinski definition) is 1. The highest BCUT2D eigenvalue weighted by atomic mass is 35.5. The Labute approximate surface area is 234 Å². The van der Waals surface area contributed by atoms with E-state index in [0.717, 1.165) is 31.7 Å². The van der Waals surface area contributed by atoms with Gasteiger partial charge in [0, 0.05) is 42.6 Å². The normalized spacial score (nSPS) is 19.2. The van der Waals surface area contributed by atoms with Gasteiger partial charge in [-0.15, -0.1) is 0 Å². The zero-order valence-corrected chi connectivity index (χ0v) is 22.7. The van der Waals surface area contributed by atoms with Gasteiger partial charge in [0.2, 0.25) is 5.43 Å². The molecule has 0 radical (unpaired) electrons. The molecular formula is C29H28Cl2F2N2O4. The fourth-order valence-corrected chi connectivity index (χ4v) is 5.48. The second kappa shape index (κ2) is 11.6. The molecule has 2 aliphatic carbocycles. The van der Waals surface area contributed by atoms with Gasteiger partial charge in [0.25, 0.3) is 5.91 Å². The molecule has 1 amide bonds. The van der Waals surface area contributed by atoms with Crippen LogP contribution in [0.4, 0.5) is 8.78 Å². The lowest BCUT2D eigenvalue weighted by molar-refractivity contribution is -0.120. The van der Waals surface area contributed by atoms with E-state index in [1.165, 1.54) is 18.2 Å². The number of carbonyl (C=O) groups excluding carboxylic acids is 2. The predicted octanol–water partition coefficient (Wildman–Crippen LogP) is 6.64. The van der Waals surface area contributed by atoms with E-state index in [0.29, 0.717) is 30.5 Å². The van der Waals surface area contributed by atoms with E-state index in [-0.39, 0.29) is 57.8 Å². The van der Waals surface area contributed by atoms with Gasteiger partial charge in [-0.25, -0.2) is 8.78 Å². The van der Waals surface area contributed by atoms with Gasteiger partial charge in [0.1, 0.15) is 28.7 Å². The Balaban J connectivity index is 1.14. The summed E-state index contributed by atoms with van der Waals surface area (Å²) in [6, 6.07) is 6.75. The SMILES string of the molecule is O=C(CCOc1ccc(Cl)c(F)c1)CC1CCC(NC(=O)c2cn(C3CC3)c3cc(Cl)c(F)cc3c2=O)CC1. The number of fused-ring (bicyclic) bond motifs is 1. The summed E-state index contributed by atoms with van der Waals surface area (Å²) < 4.78 is 35.0. The Kier molecular flexibility index (Phi) is 8.24. The van der Waals surface area contributed by atoms with Crippen molar-refractivity contribution in [3.63, 3.8) is 0 Å². The third-order valence-electron chi connectivity index (χ3n) is 7.50. The lowest BCUT2D eigenvalue weighted by Gasteiger charge is -2.29. The van der Waals surface area contributed by atoms with Crippen molar-refractivity contribution >= 4 is 45.8 Å². The lowest BCUT2D eigenvalue weighted by Crippen LogP contribution is -2.40. The lowest BCUT2D eigenvalue weighted by atomic mass is 9.83. The highest BCUT2D eigenvalue weighted by Crippen LogP contribution is 2.38. The zero-order chi connectivity index (χ0) is 27.7. The fourth-order valence-electron chi connectivity index (χ4n) is 5.21. The predicted molar refractivity (Wildman–Crippen MR) is 146 cm³/mol. The van der Waals surface area contributed by atoms with Gasteiger partial charge in [-0.2, -0.15) is 0 Å². The van der Waals surface area contributed by atoms with E-state index in [4.69, 9.17) is 27.9 Å². The van der Waals surface area contributed by atoms with Crippen LogP contribution in [0.1, 0.15) is 67.8 Å². The van der Waals surface area contributed by atoms with E-state index >= 15 is 0 Å². The molecule has 2 aromatic carbocycles. The van der Waals surface area contributed by atoms with Crippen molar-refractivity contribution in [3.8, 4) is 5.75 Å². The number of nitrogens with zero attached hydrogens (tertiary/aromatic N) is 1. The van der Waals surface area contributed by atoms with Crippen LogP contribution in [0, 0.1) is 17.6 Å². The minimum Gasteiger partial charge on any atom is -0.493 e. The summed E-state index contributed by atoms with van der Waals surface area (Å²) in [5.41, 5.74) is 0.00755. The van der Waals surface area contributed by atoms with Crippen molar-refractivity contribution in [2.45, 2.75) is 63.5 Å². The first kappa shape index (κ1) is 27.6. The molecule has 0 atom stereocenters. The number of rotatable bonds is 9. The first-order valence-corrected chi connectivity index (χ1v) is 13.9. The van der Waals surface area contributed by atoms with E-state index in [2.05, 4.69) is 5.32 Å². The zero-order valence-electron chi connectivity index (χ0n) is 21.2. The molecular weight excluding hydrogens is 549 g/mol. The van der Waals surface area contributed by atoms with Crippen LogP contribution in [-0.2, 0) is 4.79 Å². The summed E-state index contributed by atoms with van der Waals surface area (Å²) in [7, 11) is 0. The Morgan fingerprint density at radius 2 is 1.69 bits per heavy atom. The molecule has 0 saturated heterocycles. The Morgan fingerprint density at radius 1 is 0.974 bits per heavy atom. The molecule has 1 N–H and O–H groups in total. The van der Waals surface area contributed by atoms with Crippen molar-refractivity contribution in [2.24, 2.45) is 5.92 Å². The molecule has 2 fully saturated rings. The van der Waals surface area contributed by atoms with Crippen LogP contribution in [0.2, 0.25) is 10.0 Å². The number of ether oxygens (including phenoxy) is 1. The molecule has 39 heavy (non-hydrogen) atoms. The minimum atomic E-state index is -0.695. The van der Waals surface area contributed by atoms with E-state index in [1.807, 2.05) is 4.57 Å². The summed E-state index contributed by atoms with van der Waals surface area (Å²) in [5, 5.41) is 3.06. The third-order valence-corrected chi connectivity index (χ3v) is 8.09. The molecule has 2 aliphatic rings. The number of halogens is 4. The fraction of sp³-hybridized carbons (Fsp3) is 0.414. The van der Waals surface area contributed by atoms with Crippen LogP contribution in [-0.4, -0.2) is 28.9 Å². The van der Waals surface area contributed by atoms with E-state index in [9.17, 15) is 23.2 Å². The quantitative estimate of drug-likeness (QED) is 0.310. The van der Waals surface area contributed by atoms with Gasteiger partial charge in [-0.1, -0.05) is 23.2 Å². The number of amides is 1. The average Bonchev–Trinajstić information content (AvgIpc) is 3.74. The number of hydrogen-bond acceptors (Lipinski definition) is 4.